The maximum absolute atomic E-state index is 12.3. The molecule has 2 atom stereocenters. The van der Waals surface area contributed by atoms with E-state index in [4.69, 9.17) is 10.8 Å². The van der Waals surface area contributed by atoms with Crippen LogP contribution >= 0.6 is 0 Å². The lowest BCUT2D eigenvalue weighted by molar-refractivity contribution is -0.196. The Balaban J connectivity index is 2.56. The minimum atomic E-state index is -4.70. The monoisotopic (exact) mass is 226 g/mol. The fraction of sp³-hybridized carbons (Fsp3) is 0.875. The highest BCUT2D eigenvalue weighted by molar-refractivity contribution is 5.71. The molecular weight excluding hydrogens is 213 g/mol. The van der Waals surface area contributed by atoms with Crippen LogP contribution in [-0.2, 0) is 4.79 Å². The Morgan fingerprint density at radius 1 is 1.60 bits per heavy atom. The normalized spacial score (nSPS) is 25.5. The predicted octanol–water partition coefficient (Wildman–Crippen LogP) is 0.282. The van der Waals surface area contributed by atoms with Gasteiger partial charge in [0.05, 0.1) is 0 Å². The van der Waals surface area contributed by atoms with Crippen molar-refractivity contribution in [2.45, 2.75) is 18.6 Å². The molecule has 1 aliphatic rings. The molecule has 1 aliphatic heterocycles. The molecule has 15 heavy (non-hydrogen) atoms. The second kappa shape index (κ2) is 4.36. The number of carbonyl (C=O) groups is 1. The number of nitrogens with two attached hydrogens (primary N) is 1. The number of carboxylic acids is 1. The number of hydrogen-bond acceptors (Lipinski definition) is 3. The SMILES string of the molecule is NC1CCN(CC(C(=O)O)C(F)(F)F)C1. The topological polar surface area (TPSA) is 66.6 Å². The molecule has 0 spiro atoms. The third kappa shape index (κ3) is 3.35. The van der Waals surface area contributed by atoms with Crippen LogP contribution in [0.15, 0.2) is 0 Å². The molecule has 0 aromatic carbocycles. The van der Waals surface area contributed by atoms with E-state index in [1.54, 1.807) is 0 Å². The molecule has 2 unspecified atom stereocenters. The first kappa shape index (κ1) is 12.3. The van der Waals surface area contributed by atoms with E-state index in [2.05, 4.69) is 0 Å². The van der Waals surface area contributed by atoms with Crippen molar-refractivity contribution in [3.63, 3.8) is 0 Å². The van der Waals surface area contributed by atoms with E-state index in [0.717, 1.165) is 0 Å². The molecule has 0 aromatic rings. The molecule has 1 heterocycles. The van der Waals surface area contributed by atoms with E-state index in [-0.39, 0.29) is 6.04 Å². The quantitative estimate of drug-likeness (QED) is 0.725. The summed E-state index contributed by atoms with van der Waals surface area (Å²) in [4.78, 5) is 11.9. The number of rotatable bonds is 3. The van der Waals surface area contributed by atoms with Crippen molar-refractivity contribution in [3.05, 3.63) is 0 Å². The molecule has 4 nitrogen and oxygen atoms in total. The Hall–Kier alpha value is -0.820. The van der Waals surface area contributed by atoms with E-state index in [0.29, 0.717) is 19.5 Å². The zero-order chi connectivity index (χ0) is 11.6. The Morgan fingerprint density at radius 3 is 2.53 bits per heavy atom. The van der Waals surface area contributed by atoms with Crippen LogP contribution in [0.2, 0.25) is 0 Å². The van der Waals surface area contributed by atoms with Crippen LogP contribution in [0.5, 0.6) is 0 Å². The van der Waals surface area contributed by atoms with Crippen molar-refractivity contribution in [2.24, 2.45) is 11.7 Å². The summed E-state index contributed by atoms with van der Waals surface area (Å²) < 4.78 is 36.8. The van der Waals surface area contributed by atoms with Crippen LogP contribution in [0.4, 0.5) is 13.2 Å². The minimum absolute atomic E-state index is 0.146. The number of hydrogen-bond donors (Lipinski definition) is 2. The lowest BCUT2D eigenvalue weighted by Crippen LogP contribution is -2.41. The van der Waals surface area contributed by atoms with E-state index in [1.807, 2.05) is 0 Å². The van der Waals surface area contributed by atoms with Gasteiger partial charge in [-0.2, -0.15) is 13.2 Å². The molecule has 1 fully saturated rings. The second-order valence-corrected chi connectivity index (χ2v) is 3.74. The van der Waals surface area contributed by atoms with Gasteiger partial charge < -0.3 is 15.7 Å². The van der Waals surface area contributed by atoms with Crippen molar-refractivity contribution in [2.75, 3.05) is 19.6 Å². The fourth-order valence-corrected chi connectivity index (χ4v) is 1.61. The van der Waals surface area contributed by atoms with Gasteiger partial charge in [-0.15, -0.1) is 0 Å². The number of alkyl halides is 3. The Kier molecular flexibility index (Phi) is 3.56. The molecular formula is C8H13F3N2O2. The Labute approximate surface area is 84.8 Å². The van der Waals surface area contributed by atoms with Crippen molar-refractivity contribution >= 4 is 5.97 Å². The van der Waals surface area contributed by atoms with Crippen LogP contribution < -0.4 is 5.73 Å². The summed E-state index contributed by atoms with van der Waals surface area (Å²) in [7, 11) is 0. The smallest absolute Gasteiger partial charge is 0.403 e. The van der Waals surface area contributed by atoms with Gasteiger partial charge in [0.15, 0.2) is 5.92 Å². The molecule has 7 heteroatoms. The third-order valence-electron chi connectivity index (χ3n) is 2.44. The summed E-state index contributed by atoms with van der Waals surface area (Å²) >= 11 is 0. The zero-order valence-electron chi connectivity index (χ0n) is 8.00. The highest BCUT2D eigenvalue weighted by atomic mass is 19.4. The summed E-state index contributed by atoms with van der Waals surface area (Å²) in [6, 6.07) is -0.146. The van der Waals surface area contributed by atoms with Crippen molar-refractivity contribution in [1.29, 1.82) is 0 Å². The maximum atomic E-state index is 12.3. The number of nitrogens with zero attached hydrogens (tertiary/aromatic N) is 1. The summed E-state index contributed by atoms with van der Waals surface area (Å²) in [5.74, 6) is -4.15. The van der Waals surface area contributed by atoms with Crippen molar-refractivity contribution < 1.29 is 23.1 Å². The van der Waals surface area contributed by atoms with Crippen molar-refractivity contribution in [1.82, 2.24) is 4.90 Å². The number of carboxylic acid groups (broad SMARTS) is 1. The fourth-order valence-electron chi connectivity index (χ4n) is 1.61. The molecule has 0 aromatic heterocycles. The first-order chi connectivity index (χ1) is 6.80. The average Bonchev–Trinajstić information content (AvgIpc) is 2.44. The highest BCUT2D eigenvalue weighted by Gasteiger charge is 2.46. The lowest BCUT2D eigenvalue weighted by atomic mass is 10.1. The molecule has 0 aliphatic carbocycles. The molecule has 0 bridgehead atoms. The van der Waals surface area contributed by atoms with Gasteiger partial charge in [-0.1, -0.05) is 0 Å². The van der Waals surface area contributed by atoms with Gasteiger partial charge in [0.25, 0.3) is 0 Å². The Bertz CT molecular complexity index is 245. The molecule has 1 saturated heterocycles. The summed E-state index contributed by atoms with van der Waals surface area (Å²) in [5, 5.41) is 8.46. The first-order valence-corrected chi connectivity index (χ1v) is 4.58. The molecule has 3 N–H and O–H groups in total. The van der Waals surface area contributed by atoms with Gasteiger partial charge in [0, 0.05) is 19.1 Å². The van der Waals surface area contributed by atoms with Crippen LogP contribution in [-0.4, -0.2) is 47.8 Å². The van der Waals surface area contributed by atoms with Gasteiger partial charge in [-0.05, 0) is 13.0 Å². The molecule has 1 rings (SSSR count). The standard InChI is InChI=1S/C8H13F3N2O2/c9-8(10,11)6(7(14)15)4-13-2-1-5(12)3-13/h5-6H,1-4,12H2,(H,14,15). The van der Waals surface area contributed by atoms with Crippen molar-refractivity contribution in [3.8, 4) is 0 Å². The van der Waals surface area contributed by atoms with E-state index >= 15 is 0 Å². The van der Waals surface area contributed by atoms with Gasteiger partial charge in [-0.25, -0.2) is 0 Å². The van der Waals surface area contributed by atoms with Crippen LogP contribution in [0.3, 0.4) is 0 Å². The summed E-state index contributed by atoms with van der Waals surface area (Å²) in [6.07, 6.45) is -4.08. The van der Waals surface area contributed by atoms with Gasteiger partial charge in [0.1, 0.15) is 0 Å². The van der Waals surface area contributed by atoms with E-state index in [9.17, 15) is 18.0 Å². The number of aliphatic carboxylic acids is 1. The van der Waals surface area contributed by atoms with Gasteiger partial charge in [0.2, 0.25) is 0 Å². The summed E-state index contributed by atoms with van der Waals surface area (Å²) in [5.41, 5.74) is 5.52. The average molecular weight is 226 g/mol. The molecule has 0 amide bonds. The van der Waals surface area contributed by atoms with Gasteiger partial charge in [-0.3, -0.25) is 4.79 Å². The van der Waals surface area contributed by atoms with Gasteiger partial charge >= 0.3 is 12.1 Å². The molecule has 88 valence electrons. The van der Waals surface area contributed by atoms with Crippen LogP contribution in [0.1, 0.15) is 6.42 Å². The highest BCUT2D eigenvalue weighted by Crippen LogP contribution is 2.28. The van der Waals surface area contributed by atoms with Crippen LogP contribution in [0.25, 0.3) is 0 Å². The third-order valence-corrected chi connectivity index (χ3v) is 2.44. The van der Waals surface area contributed by atoms with E-state index in [1.165, 1.54) is 4.90 Å². The minimum Gasteiger partial charge on any atom is -0.481 e. The first-order valence-electron chi connectivity index (χ1n) is 4.58. The summed E-state index contributed by atoms with van der Waals surface area (Å²) in [6.45, 7) is 0.257. The Morgan fingerprint density at radius 2 is 2.20 bits per heavy atom. The number of halogens is 3. The number of likely N-dealkylation sites (tertiary alicyclic amines) is 1. The maximum Gasteiger partial charge on any atom is 0.403 e. The lowest BCUT2D eigenvalue weighted by Gasteiger charge is -2.22. The largest absolute Gasteiger partial charge is 0.481 e. The second-order valence-electron chi connectivity index (χ2n) is 3.74. The molecule has 0 radical (unpaired) electrons. The van der Waals surface area contributed by atoms with Crippen LogP contribution in [0, 0.1) is 5.92 Å². The molecule has 0 saturated carbocycles. The zero-order valence-corrected chi connectivity index (χ0v) is 8.00. The van der Waals surface area contributed by atoms with E-state index < -0.39 is 24.6 Å². The predicted molar refractivity (Wildman–Crippen MR) is 46.2 cm³/mol.